The van der Waals surface area contributed by atoms with Crippen molar-refractivity contribution in [1.82, 2.24) is 10.6 Å². The monoisotopic (exact) mass is 276 g/mol. The molecule has 1 atom stereocenters. The first-order chi connectivity index (χ1) is 9.70. The molecule has 1 aliphatic rings. The van der Waals surface area contributed by atoms with Crippen LogP contribution < -0.4 is 15.4 Å². The second-order valence-corrected chi connectivity index (χ2v) is 5.32. The van der Waals surface area contributed by atoms with Crippen molar-refractivity contribution in [3.05, 3.63) is 29.8 Å². The Kier molecular flexibility index (Phi) is 5.01. The lowest BCUT2D eigenvalue weighted by atomic mass is 9.83. The summed E-state index contributed by atoms with van der Waals surface area (Å²) in [5.74, 6) is 1.01. The third kappa shape index (κ3) is 3.31. The summed E-state index contributed by atoms with van der Waals surface area (Å²) in [6.07, 6.45) is 1.80. The minimum atomic E-state index is -0.225. The summed E-state index contributed by atoms with van der Waals surface area (Å²) in [5.41, 5.74) is 0.846. The van der Waals surface area contributed by atoms with Crippen molar-refractivity contribution >= 4 is 5.91 Å². The van der Waals surface area contributed by atoms with Crippen molar-refractivity contribution in [2.75, 3.05) is 19.7 Å². The van der Waals surface area contributed by atoms with Crippen LogP contribution in [0.25, 0.3) is 0 Å². The maximum Gasteiger partial charge on any atom is 0.227 e. The topological polar surface area (TPSA) is 50.4 Å². The normalized spacial score (nSPS) is 21.7. The van der Waals surface area contributed by atoms with Gasteiger partial charge in [0.25, 0.3) is 0 Å². The summed E-state index contributed by atoms with van der Waals surface area (Å²) in [4.78, 5) is 12.4. The maximum absolute atomic E-state index is 12.4. The number of carbonyl (C=O) groups excluding carboxylic acids is 1. The van der Waals surface area contributed by atoms with E-state index in [2.05, 4.69) is 17.6 Å². The van der Waals surface area contributed by atoms with Crippen LogP contribution in [-0.2, 0) is 11.3 Å². The molecule has 0 bridgehead atoms. The number of benzene rings is 1. The van der Waals surface area contributed by atoms with Crippen molar-refractivity contribution < 1.29 is 9.53 Å². The number of rotatable bonds is 6. The van der Waals surface area contributed by atoms with Crippen LogP contribution >= 0.6 is 0 Å². The summed E-state index contributed by atoms with van der Waals surface area (Å²) < 4.78 is 5.47. The van der Waals surface area contributed by atoms with Crippen LogP contribution in [0.1, 0.15) is 32.3 Å². The highest BCUT2D eigenvalue weighted by Gasteiger charge is 2.39. The van der Waals surface area contributed by atoms with Crippen molar-refractivity contribution in [1.29, 1.82) is 0 Å². The van der Waals surface area contributed by atoms with E-state index in [1.807, 2.05) is 31.2 Å². The molecule has 1 unspecified atom stereocenters. The molecule has 0 aliphatic carbocycles. The fraction of sp³-hybridized carbons (Fsp3) is 0.562. The Bertz CT molecular complexity index is 454. The third-order valence-corrected chi connectivity index (χ3v) is 4.06. The number of ether oxygens (including phenoxy) is 1. The Hall–Kier alpha value is -1.55. The zero-order chi connectivity index (χ0) is 14.4. The van der Waals surface area contributed by atoms with Crippen LogP contribution in [0.15, 0.2) is 24.3 Å². The first kappa shape index (κ1) is 14.9. The molecule has 20 heavy (non-hydrogen) atoms. The van der Waals surface area contributed by atoms with Gasteiger partial charge in [-0.3, -0.25) is 4.79 Å². The lowest BCUT2D eigenvalue weighted by Crippen LogP contribution is -2.41. The molecular formula is C16H24N2O2. The van der Waals surface area contributed by atoms with Crippen molar-refractivity contribution in [2.24, 2.45) is 5.41 Å². The summed E-state index contributed by atoms with van der Waals surface area (Å²) in [6, 6.07) is 7.88. The van der Waals surface area contributed by atoms with Crippen molar-refractivity contribution in [2.45, 2.75) is 33.2 Å². The van der Waals surface area contributed by atoms with Gasteiger partial charge in [0.05, 0.1) is 12.0 Å². The van der Waals surface area contributed by atoms with E-state index in [0.717, 1.165) is 37.2 Å². The van der Waals surface area contributed by atoms with Crippen LogP contribution in [0.4, 0.5) is 0 Å². The van der Waals surface area contributed by atoms with Gasteiger partial charge in [0, 0.05) is 13.1 Å². The molecule has 2 N–H and O–H groups in total. The Morgan fingerprint density at radius 3 is 2.95 bits per heavy atom. The Labute approximate surface area is 120 Å². The van der Waals surface area contributed by atoms with Crippen molar-refractivity contribution in [3.63, 3.8) is 0 Å². The molecule has 1 aromatic rings. The molecule has 0 spiro atoms. The van der Waals surface area contributed by atoms with Gasteiger partial charge in [-0.15, -0.1) is 0 Å². The highest BCUT2D eigenvalue weighted by Crippen LogP contribution is 2.29. The fourth-order valence-electron chi connectivity index (χ4n) is 2.68. The van der Waals surface area contributed by atoms with Gasteiger partial charge < -0.3 is 15.4 Å². The Morgan fingerprint density at radius 1 is 1.45 bits per heavy atom. The van der Waals surface area contributed by atoms with Gasteiger partial charge in [0.2, 0.25) is 5.91 Å². The molecule has 1 amide bonds. The summed E-state index contributed by atoms with van der Waals surface area (Å²) >= 11 is 0. The molecule has 0 aromatic heterocycles. The van der Waals surface area contributed by atoms with E-state index in [-0.39, 0.29) is 11.3 Å². The molecule has 0 radical (unpaired) electrons. The van der Waals surface area contributed by atoms with Gasteiger partial charge in [-0.05, 0) is 44.0 Å². The minimum Gasteiger partial charge on any atom is -0.494 e. The lowest BCUT2D eigenvalue weighted by molar-refractivity contribution is -0.130. The Morgan fingerprint density at radius 2 is 2.30 bits per heavy atom. The van der Waals surface area contributed by atoms with Gasteiger partial charge in [-0.1, -0.05) is 19.1 Å². The molecule has 1 aliphatic heterocycles. The highest BCUT2D eigenvalue weighted by molar-refractivity contribution is 5.83. The molecule has 2 rings (SSSR count). The molecule has 0 saturated carbocycles. The molecule has 110 valence electrons. The van der Waals surface area contributed by atoms with Crippen LogP contribution in [0.3, 0.4) is 0 Å². The average molecular weight is 276 g/mol. The average Bonchev–Trinajstić information content (AvgIpc) is 2.96. The van der Waals surface area contributed by atoms with E-state index in [0.29, 0.717) is 13.2 Å². The maximum atomic E-state index is 12.4. The summed E-state index contributed by atoms with van der Waals surface area (Å²) in [5, 5.41) is 6.36. The van der Waals surface area contributed by atoms with E-state index >= 15 is 0 Å². The molecule has 1 aromatic carbocycles. The second kappa shape index (κ2) is 6.75. The summed E-state index contributed by atoms with van der Waals surface area (Å²) in [6.45, 7) is 6.98. The van der Waals surface area contributed by atoms with Crippen LogP contribution in [0.2, 0.25) is 0 Å². The van der Waals surface area contributed by atoms with Crippen LogP contribution in [0.5, 0.6) is 5.75 Å². The van der Waals surface area contributed by atoms with Crippen LogP contribution in [-0.4, -0.2) is 25.6 Å². The molecule has 1 fully saturated rings. The molecule has 4 nitrogen and oxygen atoms in total. The SMILES string of the molecule is CCOc1cccc(CNC(=O)C2(CC)CCNC2)c1. The van der Waals surface area contributed by atoms with Gasteiger partial charge in [-0.2, -0.15) is 0 Å². The third-order valence-electron chi connectivity index (χ3n) is 4.06. The number of hydrogen-bond donors (Lipinski definition) is 2. The molecule has 4 heteroatoms. The van der Waals surface area contributed by atoms with E-state index in [1.54, 1.807) is 0 Å². The lowest BCUT2D eigenvalue weighted by Gasteiger charge is -2.25. The highest BCUT2D eigenvalue weighted by atomic mass is 16.5. The number of carbonyl (C=O) groups is 1. The second-order valence-electron chi connectivity index (χ2n) is 5.32. The zero-order valence-electron chi connectivity index (χ0n) is 12.4. The van der Waals surface area contributed by atoms with Crippen molar-refractivity contribution in [3.8, 4) is 5.75 Å². The zero-order valence-corrected chi connectivity index (χ0v) is 12.4. The predicted molar refractivity (Wildman–Crippen MR) is 79.7 cm³/mol. The number of hydrogen-bond acceptors (Lipinski definition) is 3. The van der Waals surface area contributed by atoms with E-state index in [1.165, 1.54) is 0 Å². The Balaban J connectivity index is 1.94. The fourth-order valence-corrected chi connectivity index (χ4v) is 2.68. The molecule has 1 saturated heterocycles. The standard InChI is InChI=1S/C16H24N2O2/c1-3-16(8-9-17-12-16)15(19)18-11-13-6-5-7-14(10-13)20-4-2/h5-7,10,17H,3-4,8-9,11-12H2,1-2H3,(H,18,19). The largest absolute Gasteiger partial charge is 0.494 e. The number of amides is 1. The predicted octanol–water partition coefficient (Wildman–Crippen LogP) is 2.09. The summed E-state index contributed by atoms with van der Waals surface area (Å²) in [7, 11) is 0. The first-order valence-corrected chi connectivity index (χ1v) is 7.41. The van der Waals surface area contributed by atoms with Gasteiger partial charge in [-0.25, -0.2) is 0 Å². The van der Waals surface area contributed by atoms with Gasteiger partial charge in [0.15, 0.2) is 0 Å². The van der Waals surface area contributed by atoms with Gasteiger partial charge in [0.1, 0.15) is 5.75 Å². The van der Waals surface area contributed by atoms with E-state index in [4.69, 9.17) is 4.74 Å². The molecular weight excluding hydrogens is 252 g/mol. The minimum absolute atomic E-state index is 0.159. The smallest absolute Gasteiger partial charge is 0.227 e. The molecule has 1 heterocycles. The number of nitrogens with one attached hydrogen (secondary N) is 2. The van der Waals surface area contributed by atoms with Crippen LogP contribution in [0, 0.1) is 5.41 Å². The quantitative estimate of drug-likeness (QED) is 0.836. The van der Waals surface area contributed by atoms with E-state index in [9.17, 15) is 4.79 Å². The van der Waals surface area contributed by atoms with Gasteiger partial charge >= 0.3 is 0 Å². The first-order valence-electron chi connectivity index (χ1n) is 7.41. The van der Waals surface area contributed by atoms with E-state index < -0.39 is 0 Å².